The second kappa shape index (κ2) is 6.87. The van der Waals surface area contributed by atoms with Crippen LogP contribution in [0.4, 0.5) is 0 Å². The molecule has 3 atom stereocenters. The highest BCUT2D eigenvalue weighted by Gasteiger charge is 2.30. The van der Waals surface area contributed by atoms with Crippen LogP contribution in [-0.4, -0.2) is 30.1 Å². The molecule has 0 spiro atoms. The molecule has 1 aliphatic heterocycles. The number of allylic oxidation sites excluding steroid dienone is 1. The summed E-state index contributed by atoms with van der Waals surface area (Å²) in [6.45, 7) is 12.8. The van der Waals surface area contributed by atoms with E-state index in [0.717, 1.165) is 13.1 Å². The van der Waals surface area contributed by atoms with Gasteiger partial charge in [0.1, 0.15) is 0 Å². The van der Waals surface area contributed by atoms with Crippen molar-refractivity contribution in [1.82, 2.24) is 10.2 Å². The van der Waals surface area contributed by atoms with Crippen LogP contribution in [0.2, 0.25) is 0 Å². The summed E-state index contributed by atoms with van der Waals surface area (Å²) in [6.07, 6.45) is 4.18. The molecule has 1 aliphatic rings. The standard InChI is InChI=1S/C18H26N2/c1-5-16(6-2)18(17-10-8-7-9-11-17)20-13-14(3)19-12-15(20)4/h5-11,14-15,18-19H,1,12-13H2,2-4H3/b16-6+/t14?,15-,18?/m0/s1. The Morgan fingerprint density at radius 1 is 1.35 bits per heavy atom. The first-order chi connectivity index (χ1) is 9.67. The Balaban J connectivity index is 2.38. The van der Waals surface area contributed by atoms with Gasteiger partial charge in [0, 0.05) is 25.2 Å². The minimum atomic E-state index is 0.304. The highest BCUT2D eigenvalue weighted by Crippen LogP contribution is 2.32. The molecule has 20 heavy (non-hydrogen) atoms. The molecule has 108 valence electrons. The van der Waals surface area contributed by atoms with Gasteiger partial charge in [-0.3, -0.25) is 4.90 Å². The number of hydrogen-bond donors (Lipinski definition) is 1. The Hall–Kier alpha value is -1.38. The Labute approximate surface area is 123 Å². The van der Waals surface area contributed by atoms with Crippen molar-refractivity contribution in [3.8, 4) is 0 Å². The molecule has 1 saturated heterocycles. The Morgan fingerprint density at radius 2 is 2.05 bits per heavy atom. The maximum atomic E-state index is 4.01. The van der Waals surface area contributed by atoms with Crippen molar-refractivity contribution in [3.63, 3.8) is 0 Å². The van der Waals surface area contributed by atoms with Crippen LogP contribution in [0.1, 0.15) is 32.4 Å². The average molecular weight is 270 g/mol. The lowest BCUT2D eigenvalue weighted by molar-refractivity contribution is 0.113. The molecule has 2 rings (SSSR count). The van der Waals surface area contributed by atoms with Gasteiger partial charge in [-0.25, -0.2) is 0 Å². The fraction of sp³-hybridized carbons (Fsp3) is 0.444. The molecule has 2 nitrogen and oxygen atoms in total. The van der Waals surface area contributed by atoms with Crippen molar-refractivity contribution in [2.24, 2.45) is 0 Å². The quantitative estimate of drug-likeness (QED) is 0.842. The number of piperazine rings is 1. The minimum absolute atomic E-state index is 0.304. The van der Waals surface area contributed by atoms with E-state index >= 15 is 0 Å². The van der Waals surface area contributed by atoms with Crippen molar-refractivity contribution < 1.29 is 0 Å². The molecule has 1 aromatic carbocycles. The van der Waals surface area contributed by atoms with E-state index in [2.05, 4.69) is 74.0 Å². The molecule has 2 unspecified atom stereocenters. The van der Waals surface area contributed by atoms with Crippen LogP contribution in [0.5, 0.6) is 0 Å². The summed E-state index contributed by atoms with van der Waals surface area (Å²) in [5, 5.41) is 3.56. The number of nitrogens with one attached hydrogen (secondary N) is 1. The molecule has 1 N–H and O–H groups in total. The third-order valence-corrected chi connectivity index (χ3v) is 4.14. The van der Waals surface area contributed by atoms with E-state index in [4.69, 9.17) is 0 Å². The topological polar surface area (TPSA) is 15.3 Å². The summed E-state index contributed by atoms with van der Waals surface area (Å²) in [5.41, 5.74) is 2.64. The summed E-state index contributed by atoms with van der Waals surface area (Å²) < 4.78 is 0. The molecule has 2 heteroatoms. The lowest BCUT2D eigenvalue weighted by Gasteiger charge is -2.43. The summed E-state index contributed by atoms with van der Waals surface area (Å²) >= 11 is 0. The average Bonchev–Trinajstić information content (AvgIpc) is 2.48. The van der Waals surface area contributed by atoms with Gasteiger partial charge < -0.3 is 5.32 Å². The smallest absolute Gasteiger partial charge is 0.0601 e. The van der Waals surface area contributed by atoms with Gasteiger partial charge in [0.15, 0.2) is 0 Å². The lowest BCUT2D eigenvalue weighted by Crippen LogP contribution is -2.55. The zero-order valence-corrected chi connectivity index (χ0v) is 12.8. The summed E-state index contributed by atoms with van der Waals surface area (Å²) in [6, 6.07) is 12.1. The highest BCUT2D eigenvalue weighted by molar-refractivity contribution is 5.33. The van der Waals surface area contributed by atoms with E-state index < -0.39 is 0 Å². The Morgan fingerprint density at radius 3 is 2.65 bits per heavy atom. The fourth-order valence-corrected chi connectivity index (χ4v) is 3.01. The Bertz CT molecular complexity index is 464. The van der Waals surface area contributed by atoms with Crippen LogP contribution in [-0.2, 0) is 0 Å². The van der Waals surface area contributed by atoms with Crippen LogP contribution >= 0.6 is 0 Å². The third-order valence-electron chi connectivity index (χ3n) is 4.14. The summed E-state index contributed by atoms with van der Waals surface area (Å²) in [4.78, 5) is 2.59. The molecule has 0 saturated carbocycles. The highest BCUT2D eigenvalue weighted by atomic mass is 15.2. The molecule has 0 bridgehead atoms. The second-order valence-corrected chi connectivity index (χ2v) is 5.66. The van der Waals surface area contributed by atoms with E-state index in [1.807, 2.05) is 6.08 Å². The van der Waals surface area contributed by atoms with E-state index in [-0.39, 0.29) is 0 Å². The zero-order chi connectivity index (χ0) is 14.5. The monoisotopic (exact) mass is 270 g/mol. The van der Waals surface area contributed by atoms with Crippen molar-refractivity contribution in [3.05, 3.63) is 60.2 Å². The lowest BCUT2D eigenvalue weighted by atomic mass is 9.94. The van der Waals surface area contributed by atoms with E-state index in [9.17, 15) is 0 Å². The molecule has 0 amide bonds. The van der Waals surface area contributed by atoms with Crippen molar-refractivity contribution in [1.29, 1.82) is 0 Å². The van der Waals surface area contributed by atoms with E-state index in [1.165, 1.54) is 11.1 Å². The van der Waals surface area contributed by atoms with Gasteiger partial charge in [0.2, 0.25) is 0 Å². The maximum absolute atomic E-state index is 4.01. The first-order valence-corrected chi connectivity index (χ1v) is 7.50. The van der Waals surface area contributed by atoms with Gasteiger partial charge >= 0.3 is 0 Å². The number of benzene rings is 1. The largest absolute Gasteiger partial charge is 0.311 e. The molecule has 1 aromatic rings. The van der Waals surface area contributed by atoms with Crippen LogP contribution < -0.4 is 5.32 Å². The summed E-state index contributed by atoms with van der Waals surface area (Å²) in [7, 11) is 0. The van der Waals surface area contributed by atoms with Gasteiger partial charge in [0.25, 0.3) is 0 Å². The Kier molecular flexibility index (Phi) is 5.16. The molecule has 1 fully saturated rings. The second-order valence-electron chi connectivity index (χ2n) is 5.66. The normalized spacial score (nSPS) is 26.2. The van der Waals surface area contributed by atoms with Gasteiger partial charge in [-0.1, -0.05) is 49.1 Å². The molecule has 0 aromatic heterocycles. The number of nitrogens with zero attached hydrogens (tertiary/aromatic N) is 1. The van der Waals surface area contributed by atoms with Crippen molar-refractivity contribution in [2.45, 2.75) is 38.9 Å². The van der Waals surface area contributed by atoms with Gasteiger partial charge in [-0.05, 0) is 31.9 Å². The van der Waals surface area contributed by atoms with Gasteiger partial charge in [0.05, 0.1) is 6.04 Å². The minimum Gasteiger partial charge on any atom is -0.311 e. The first-order valence-electron chi connectivity index (χ1n) is 7.50. The van der Waals surface area contributed by atoms with Gasteiger partial charge in [-0.15, -0.1) is 0 Å². The van der Waals surface area contributed by atoms with Crippen LogP contribution in [0, 0.1) is 0 Å². The van der Waals surface area contributed by atoms with Crippen molar-refractivity contribution >= 4 is 0 Å². The number of hydrogen-bond acceptors (Lipinski definition) is 2. The zero-order valence-electron chi connectivity index (χ0n) is 12.8. The van der Waals surface area contributed by atoms with Gasteiger partial charge in [-0.2, -0.15) is 0 Å². The molecule has 1 heterocycles. The SMILES string of the molecule is C=C/C(=C\C)C(c1ccccc1)N1CC(C)NC[C@@H]1C. The molecule has 0 radical (unpaired) electrons. The maximum Gasteiger partial charge on any atom is 0.0601 e. The number of rotatable bonds is 4. The predicted octanol–water partition coefficient (Wildman–Crippen LogP) is 3.54. The summed E-state index contributed by atoms with van der Waals surface area (Å²) in [5.74, 6) is 0. The van der Waals surface area contributed by atoms with Crippen LogP contribution in [0.15, 0.2) is 54.6 Å². The first kappa shape index (κ1) is 15.0. The predicted molar refractivity (Wildman–Crippen MR) is 86.8 cm³/mol. The van der Waals surface area contributed by atoms with E-state index in [1.54, 1.807) is 0 Å². The molecular formula is C18H26N2. The van der Waals surface area contributed by atoms with Crippen LogP contribution in [0.25, 0.3) is 0 Å². The third kappa shape index (κ3) is 3.20. The molecule has 0 aliphatic carbocycles. The van der Waals surface area contributed by atoms with E-state index in [0.29, 0.717) is 18.1 Å². The van der Waals surface area contributed by atoms with Crippen molar-refractivity contribution in [2.75, 3.05) is 13.1 Å². The van der Waals surface area contributed by atoms with Crippen LogP contribution in [0.3, 0.4) is 0 Å². The fourth-order valence-electron chi connectivity index (χ4n) is 3.01. The molecular weight excluding hydrogens is 244 g/mol.